The fourth-order valence-electron chi connectivity index (χ4n) is 3.98. The van der Waals surface area contributed by atoms with Gasteiger partial charge in [0.05, 0.1) is 22.3 Å². The molecule has 0 spiro atoms. The maximum Gasteiger partial charge on any atom is 0.412 e. The normalized spacial score (nSPS) is 15.1. The van der Waals surface area contributed by atoms with Gasteiger partial charge in [0.25, 0.3) is 5.56 Å². The monoisotopic (exact) mass is 405 g/mol. The maximum absolute atomic E-state index is 12.4. The number of H-pyrrole nitrogens is 1. The van der Waals surface area contributed by atoms with Gasteiger partial charge in [-0.2, -0.15) is 5.10 Å². The molecule has 0 atom stereocenters. The third-order valence-corrected chi connectivity index (χ3v) is 5.18. The number of aromatic amines is 1. The van der Waals surface area contributed by atoms with Crippen LogP contribution in [0.5, 0.6) is 0 Å². The number of rotatable bonds is 3. The number of carbonyl (C=O) groups is 1. The molecule has 2 aromatic heterocycles. The van der Waals surface area contributed by atoms with Crippen molar-refractivity contribution in [3.8, 4) is 0 Å². The number of aromatic nitrogens is 3. The van der Waals surface area contributed by atoms with E-state index in [0.29, 0.717) is 22.2 Å². The first-order valence-electron chi connectivity index (χ1n) is 9.25. The molecule has 0 saturated carbocycles. The standard InChI is InChI=1S/C19H23N5O3.ClH/c1-11(2)23(19(26)27)14-5-3-4-13-17(14)18-21-16(25)10-15(24(18)22-13)12-6-8-20-9-7-12;/h3-5,10-12,20H,6-9H2,1-2H3,(H,21,25)(H,26,27);1H. The molecule has 8 nitrogen and oxygen atoms in total. The van der Waals surface area contributed by atoms with E-state index in [1.807, 2.05) is 19.9 Å². The van der Waals surface area contributed by atoms with Crippen LogP contribution in [0.3, 0.4) is 0 Å². The molecular weight excluding hydrogens is 382 g/mol. The van der Waals surface area contributed by atoms with Crippen molar-refractivity contribution in [3.05, 3.63) is 40.3 Å². The lowest BCUT2D eigenvalue weighted by Gasteiger charge is -2.24. The fraction of sp³-hybridized carbons (Fsp3) is 0.421. The molecule has 0 aliphatic carbocycles. The number of nitrogens with one attached hydrogen (secondary N) is 2. The third-order valence-electron chi connectivity index (χ3n) is 5.18. The van der Waals surface area contributed by atoms with Crippen molar-refractivity contribution < 1.29 is 9.90 Å². The molecule has 1 aliphatic heterocycles. The van der Waals surface area contributed by atoms with Crippen LogP contribution in [0, 0.1) is 0 Å². The summed E-state index contributed by atoms with van der Waals surface area (Å²) in [6.45, 7) is 5.46. The summed E-state index contributed by atoms with van der Waals surface area (Å²) in [5.74, 6) is 0.245. The number of hydrogen-bond acceptors (Lipinski definition) is 4. The number of piperidine rings is 1. The molecule has 0 unspecified atom stereocenters. The molecular formula is C19H24ClN5O3. The van der Waals surface area contributed by atoms with Gasteiger partial charge in [-0.15, -0.1) is 12.4 Å². The Bertz CT molecular complexity index is 1070. The van der Waals surface area contributed by atoms with E-state index in [0.717, 1.165) is 31.6 Å². The largest absolute Gasteiger partial charge is 0.465 e. The second-order valence-electron chi connectivity index (χ2n) is 7.26. The summed E-state index contributed by atoms with van der Waals surface area (Å²) in [6.07, 6.45) is 0.845. The number of halogens is 1. The van der Waals surface area contributed by atoms with E-state index in [4.69, 9.17) is 5.10 Å². The van der Waals surface area contributed by atoms with Gasteiger partial charge in [0.2, 0.25) is 0 Å². The lowest BCUT2D eigenvalue weighted by atomic mass is 9.94. The SMILES string of the molecule is CC(C)N(C(=O)O)c1cccc2nn3c(C4CCNCC4)cc(=O)[nH]c3c12.Cl. The zero-order valence-corrected chi connectivity index (χ0v) is 16.6. The summed E-state index contributed by atoms with van der Waals surface area (Å²) < 4.78 is 1.78. The molecule has 3 aromatic rings. The topological polar surface area (TPSA) is 103 Å². The van der Waals surface area contributed by atoms with Gasteiger partial charge in [0, 0.05) is 18.0 Å². The van der Waals surface area contributed by atoms with E-state index in [1.54, 1.807) is 22.7 Å². The van der Waals surface area contributed by atoms with Crippen molar-refractivity contribution in [1.29, 1.82) is 0 Å². The van der Waals surface area contributed by atoms with E-state index in [9.17, 15) is 14.7 Å². The number of amides is 1. The van der Waals surface area contributed by atoms with Gasteiger partial charge < -0.3 is 15.4 Å². The van der Waals surface area contributed by atoms with Crippen LogP contribution in [-0.4, -0.2) is 44.9 Å². The average Bonchev–Trinajstić information content (AvgIpc) is 3.00. The Morgan fingerprint density at radius 3 is 2.68 bits per heavy atom. The van der Waals surface area contributed by atoms with Gasteiger partial charge in [-0.25, -0.2) is 9.31 Å². The minimum absolute atomic E-state index is 0. The van der Waals surface area contributed by atoms with Gasteiger partial charge in [-0.05, 0) is 51.9 Å². The predicted octanol–water partition coefficient (Wildman–Crippen LogP) is 2.96. The van der Waals surface area contributed by atoms with Crippen molar-refractivity contribution >= 4 is 40.7 Å². The van der Waals surface area contributed by atoms with Crippen LogP contribution in [0.1, 0.15) is 38.3 Å². The summed E-state index contributed by atoms with van der Waals surface area (Å²) in [6, 6.07) is 6.77. The Morgan fingerprint density at radius 1 is 1.32 bits per heavy atom. The number of carboxylic acid groups (broad SMARTS) is 1. The van der Waals surface area contributed by atoms with Crippen LogP contribution < -0.4 is 15.8 Å². The summed E-state index contributed by atoms with van der Waals surface area (Å²) in [5, 5.41) is 18.4. The molecule has 28 heavy (non-hydrogen) atoms. The van der Waals surface area contributed by atoms with Gasteiger partial charge in [0.1, 0.15) is 5.65 Å². The highest BCUT2D eigenvalue weighted by Crippen LogP contribution is 2.33. The van der Waals surface area contributed by atoms with Crippen LogP contribution in [0.2, 0.25) is 0 Å². The number of benzene rings is 1. The fourth-order valence-corrected chi connectivity index (χ4v) is 3.98. The summed E-state index contributed by atoms with van der Waals surface area (Å²) in [5.41, 5.74) is 2.43. The molecule has 4 rings (SSSR count). The highest BCUT2D eigenvalue weighted by molar-refractivity contribution is 6.07. The molecule has 9 heteroatoms. The predicted molar refractivity (Wildman–Crippen MR) is 111 cm³/mol. The molecule has 0 bridgehead atoms. The Morgan fingerprint density at radius 2 is 2.04 bits per heavy atom. The van der Waals surface area contributed by atoms with Gasteiger partial charge in [0.15, 0.2) is 0 Å². The molecule has 1 aliphatic rings. The molecule has 3 heterocycles. The summed E-state index contributed by atoms with van der Waals surface area (Å²) >= 11 is 0. The third kappa shape index (κ3) is 3.33. The second kappa shape index (κ2) is 7.81. The van der Waals surface area contributed by atoms with Crippen molar-refractivity contribution in [2.24, 2.45) is 0 Å². The Kier molecular flexibility index (Phi) is 5.62. The molecule has 3 N–H and O–H groups in total. The van der Waals surface area contributed by atoms with Crippen LogP contribution in [0.25, 0.3) is 16.6 Å². The lowest BCUT2D eigenvalue weighted by Crippen LogP contribution is -2.35. The summed E-state index contributed by atoms with van der Waals surface area (Å²) in [7, 11) is 0. The van der Waals surface area contributed by atoms with Crippen LogP contribution >= 0.6 is 12.4 Å². The Hall–Kier alpha value is -2.58. The highest BCUT2D eigenvalue weighted by Gasteiger charge is 2.25. The Balaban J connectivity index is 0.00000225. The minimum atomic E-state index is -1.03. The first kappa shape index (κ1) is 20.2. The van der Waals surface area contributed by atoms with Crippen LogP contribution in [-0.2, 0) is 0 Å². The van der Waals surface area contributed by atoms with Gasteiger partial charge in [-0.3, -0.25) is 9.69 Å². The lowest BCUT2D eigenvalue weighted by molar-refractivity contribution is 0.200. The van der Waals surface area contributed by atoms with E-state index >= 15 is 0 Å². The second-order valence-corrected chi connectivity index (χ2v) is 7.26. The molecule has 150 valence electrons. The zero-order chi connectivity index (χ0) is 19.1. The number of fused-ring (bicyclic) bond motifs is 3. The molecule has 1 saturated heterocycles. The van der Waals surface area contributed by atoms with Gasteiger partial charge in [-0.1, -0.05) is 6.07 Å². The van der Waals surface area contributed by atoms with E-state index < -0.39 is 6.09 Å². The number of hydrogen-bond donors (Lipinski definition) is 3. The van der Waals surface area contributed by atoms with Crippen LogP contribution in [0.15, 0.2) is 29.1 Å². The van der Waals surface area contributed by atoms with E-state index in [-0.39, 0.29) is 29.9 Å². The quantitative estimate of drug-likeness (QED) is 0.621. The van der Waals surface area contributed by atoms with E-state index in [1.165, 1.54) is 4.90 Å². The molecule has 1 fully saturated rings. The first-order valence-corrected chi connectivity index (χ1v) is 9.25. The van der Waals surface area contributed by atoms with Gasteiger partial charge >= 0.3 is 6.09 Å². The van der Waals surface area contributed by atoms with Crippen molar-refractivity contribution in [2.75, 3.05) is 18.0 Å². The van der Waals surface area contributed by atoms with Crippen molar-refractivity contribution in [3.63, 3.8) is 0 Å². The number of nitrogens with zero attached hydrogens (tertiary/aromatic N) is 3. The molecule has 1 amide bonds. The first-order chi connectivity index (χ1) is 13.0. The van der Waals surface area contributed by atoms with Crippen LogP contribution in [0.4, 0.5) is 10.5 Å². The zero-order valence-electron chi connectivity index (χ0n) is 15.8. The maximum atomic E-state index is 12.4. The average molecular weight is 406 g/mol. The van der Waals surface area contributed by atoms with E-state index in [2.05, 4.69) is 10.3 Å². The number of anilines is 1. The molecule has 1 aromatic carbocycles. The Labute approximate surface area is 167 Å². The smallest absolute Gasteiger partial charge is 0.412 e. The molecule has 0 radical (unpaired) electrons. The highest BCUT2D eigenvalue weighted by atomic mass is 35.5. The van der Waals surface area contributed by atoms with Crippen molar-refractivity contribution in [1.82, 2.24) is 19.9 Å². The summed E-state index contributed by atoms with van der Waals surface area (Å²) in [4.78, 5) is 28.4. The van der Waals surface area contributed by atoms with Crippen molar-refractivity contribution in [2.45, 2.75) is 38.6 Å². The minimum Gasteiger partial charge on any atom is -0.465 e.